The molecule has 0 aliphatic carbocycles. The Kier molecular flexibility index (Phi) is 12.8. The number of halogens is 3. The molecule has 0 radical (unpaired) electrons. The van der Waals surface area contributed by atoms with Gasteiger partial charge in [0.15, 0.2) is 0 Å². The summed E-state index contributed by atoms with van der Waals surface area (Å²) in [6.45, 7) is 27.4. The van der Waals surface area contributed by atoms with E-state index in [0.717, 1.165) is 0 Å². The first-order chi connectivity index (χ1) is 21.1. The van der Waals surface area contributed by atoms with Gasteiger partial charge < -0.3 is 0 Å². The standard InChI is InChI=1S/C36H51As3Cl3N3/c1-22(2)28-16-13-17-29(23(3)4)34(28)43-37(40)44(35-30(24(5)6)18-14-19-31(35)25(7)8)39(42)45(38(43)41)36-32(26(9)10)20-15-21-33(36)27(11)12/h13-27H,1-12H3. The summed E-state index contributed by atoms with van der Waals surface area (Å²) in [6.07, 6.45) is 0. The second-order valence-electron chi connectivity index (χ2n) is 13.9. The SMILES string of the molecule is CC(C)c1cccc(C(C)C)c1N1[As](Cl)N(c2c(C(C)C)cccc2C(C)C)[As](Cl)N(c2c(C(C)C)cccc2C(C)C)[As]1Cl. The van der Waals surface area contributed by atoms with Crippen LogP contribution in [0.5, 0.6) is 0 Å². The van der Waals surface area contributed by atoms with Crippen molar-refractivity contribution in [2.45, 2.75) is 119 Å². The van der Waals surface area contributed by atoms with Crippen molar-refractivity contribution in [3.05, 3.63) is 88.0 Å². The average molecular weight is 857 g/mol. The molecular weight excluding hydrogens is 806 g/mol. The normalized spacial score (nSPS) is 19.4. The molecule has 0 aromatic heterocycles. The topological polar surface area (TPSA) is 9.72 Å². The van der Waals surface area contributed by atoms with Gasteiger partial charge in [0.05, 0.1) is 0 Å². The third kappa shape index (κ3) is 7.31. The summed E-state index contributed by atoms with van der Waals surface area (Å²) in [7, 11) is 24.1. The summed E-state index contributed by atoms with van der Waals surface area (Å²) in [5.41, 5.74) is 11.7. The molecule has 1 saturated heterocycles. The summed E-state index contributed by atoms with van der Waals surface area (Å²) < 4.78 is 7.68. The molecule has 45 heavy (non-hydrogen) atoms. The molecule has 0 unspecified atom stereocenters. The molecule has 1 aliphatic heterocycles. The van der Waals surface area contributed by atoms with Gasteiger partial charge in [0, 0.05) is 0 Å². The van der Waals surface area contributed by atoms with E-state index in [2.05, 4.69) is 146 Å². The van der Waals surface area contributed by atoms with E-state index in [-0.39, 0.29) is 0 Å². The van der Waals surface area contributed by atoms with Crippen LogP contribution in [0.3, 0.4) is 0 Å². The van der Waals surface area contributed by atoms with Gasteiger partial charge in [-0.25, -0.2) is 0 Å². The van der Waals surface area contributed by atoms with Crippen LogP contribution in [0.25, 0.3) is 0 Å². The third-order valence-electron chi connectivity index (χ3n) is 8.57. The Morgan fingerprint density at radius 1 is 0.356 bits per heavy atom. The van der Waals surface area contributed by atoms with E-state index in [1.807, 2.05) is 0 Å². The molecule has 0 amide bonds. The predicted molar refractivity (Wildman–Crippen MR) is 206 cm³/mol. The second kappa shape index (κ2) is 15.4. The molecule has 0 atom stereocenters. The molecule has 3 aromatic carbocycles. The van der Waals surface area contributed by atoms with Crippen molar-refractivity contribution in [1.29, 1.82) is 0 Å². The average Bonchev–Trinajstić information content (AvgIpc) is 2.96. The number of para-hydroxylation sites is 3. The zero-order valence-electron chi connectivity index (χ0n) is 29.0. The second-order valence-corrected chi connectivity index (χ2v) is 31.1. The molecule has 1 fully saturated rings. The summed E-state index contributed by atoms with van der Waals surface area (Å²) in [6, 6.07) is 20.3. The van der Waals surface area contributed by atoms with E-state index in [4.69, 9.17) is 29.8 Å². The summed E-state index contributed by atoms with van der Waals surface area (Å²) in [5.74, 6) is 1.96. The van der Waals surface area contributed by atoms with Gasteiger partial charge in [0.2, 0.25) is 0 Å². The molecule has 3 aromatic rings. The molecule has 246 valence electrons. The molecular formula is C36H51As3Cl3N3. The van der Waals surface area contributed by atoms with Gasteiger partial charge in [-0.05, 0) is 0 Å². The van der Waals surface area contributed by atoms with Crippen LogP contribution >= 0.6 is 29.8 Å². The molecule has 1 aliphatic rings. The van der Waals surface area contributed by atoms with E-state index in [1.54, 1.807) is 0 Å². The molecule has 0 N–H and O–H groups in total. The van der Waals surface area contributed by atoms with Crippen LogP contribution in [-0.4, -0.2) is 42.5 Å². The maximum atomic E-state index is 8.05. The zero-order valence-corrected chi connectivity index (χ0v) is 36.9. The van der Waals surface area contributed by atoms with Crippen molar-refractivity contribution >= 4 is 89.4 Å². The van der Waals surface area contributed by atoms with Crippen LogP contribution in [0.1, 0.15) is 152 Å². The Bertz CT molecular complexity index is 1210. The van der Waals surface area contributed by atoms with Gasteiger partial charge in [0.25, 0.3) is 0 Å². The van der Waals surface area contributed by atoms with Gasteiger partial charge >= 0.3 is 304 Å². The maximum absolute atomic E-state index is 8.05. The third-order valence-corrected chi connectivity index (χ3v) is 38.0. The van der Waals surface area contributed by atoms with Crippen molar-refractivity contribution < 1.29 is 0 Å². The zero-order chi connectivity index (χ0) is 33.5. The van der Waals surface area contributed by atoms with Gasteiger partial charge in [-0.3, -0.25) is 0 Å². The summed E-state index contributed by atoms with van der Waals surface area (Å²) in [5, 5.41) is 0. The van der Waals surface area contributed by atoms with E-state index in [1.165, 1.54) is 50.4 Å². The van der Waals surface area contributed by atoms with Crippen LogP contribution in [0.2, 0.25) is 0 Å². The van der Waals surface area contributed by atoms with E-state index >= 15 is 0 Å². The van der Waals surface area contributed by atoms with Crippen LogP contribution < -0.4 is 8.20 Å². The van der Waals surface area contributed by atoms with E-state index < -0.39 is 42.5 Å². The molecule has 9 heteroatoms. The van der Waals surface area contributed by atoms with Crippen molar-refractivity contribution in [2.75, 3.05) is 8.20 Å². The van der Waals surface area contributed by atoms with E-state index in [9.17, 15) is 0 Å². The number of rotatable bonds is 9. The quantitative estimate of drug-likeness (QED) is 0.199. The van der Waals surface area contributed by atoms with Crippen LogP contribution in [-0.2, 0) is 0 Å². The molecule has 1 heterocycles. The number of nitrogens with zero attached hydrogens (tertiary/aromatic N) is 3. The summed E-state index contributed by atoms with van der Waals surface area (Å²) >= 11 is -7.64. The fourth-order valence-corrected chi connectivity index (χ4v) is 42.3. The van der Waals surface area contributed by atoms with Gasteiger partial charge in [-0.1, -0.05) is 0 Å². The van der Waals surface area contributed by atoms with Gasteiger partial charge in [-0.15, -0.1) is 0 Å². The van der Waals surface area contributed by atoms with Crippen molar-refractivity contribution in [3.63, 3.8) is 0 Å². The van der Waals surface area contributed by atoms with Crippen LogP contribution in [0.4, 0.5) is 17.1 Å². The predicted octanol–water partition coefficient (Wildman–Crippen LogP) is 11.9. The Hall–Kier alpha value is -0.395. The number of benzene rings is 3. The van der Waals surface area contributed by atoms with Crippen LogP contribution in [0, 0.1) is 0 Å². The molecule has 0 spiro atoms. The molecule has 0 saturated carbocycles. The minimum absolute atomic E-state index is 0.327. The molecule has 3 nitrogen and oxygen atoms in total. The number of hydrogen-bond donors (Lipinski definition) is 0. The molecule has 0 bridgehead atoms. The Morgan fingerprint density at radius 2 is 0.511 bits per heavy atom. The first-order valence-electron chi connectivity index (χ1n) is 16.3. The van der Waals surface area contributed by atoms with Crippen molar-refractivity contribution in [2.24, 2.45) is 0 Å². The first kappa shape index (κ1) is 37.4. The number of anilines is 3. The van der Waals surface area contributed by atoms with Crippen molar-refractivity contribution in [1.82, 2.24) is 0 Å². The van der Waals surface area contributed by atoms with Crippen molar-refractivity contribution in [3.8, 4) is 0 Å². The Morgan fingerprint density at radius 3 is 0.644 bits per heavy atom. The van der Waals surface area contributed by atoms with E-state index in [0.29, 0.717) is 35.5 Å². The van der Waals surface area contributed by atoms with Gasteiger partial charge in [-0.2, -0.15) is 0 Å². The molecule has 4 rings (SSSR count). The van der Waals surface area contributed by atoms with Crippen LogP contribution in [0.15, 0.2) is 54.6 Å². The minimum atomic E-state index is -2.55. The number of hydrogen-bond acceptors (Lipinski definition) is 3. The fraction of sp³-hybridized carbons (Fsp3) is 0.500. The monoisotopic (exact) mass is 855 g/mol. The Labute approximate surface area is 301 Å². The van der Waals surface area contributed by atoms with Gasteiger partial charge in [0.1, 0.15) is 0 Å². The Balaban J connectivity index is 2.16. The first-order valence-corrected chi connectivity index (χ1v) is 28.7. The fourth-order valence-electron chi connectivity index (χ4n) is 6.15. The summed E-state index contributed by atoms with van der Waals surface area (Å²) in [4.78, 5) is 0.